The molecular formula is C14H24N2S. The first-order valence-corrected chi connectivity index (χ1v) is 7.59. The van der Waals surface area contributed by atoms with Crippen LogP contribution in [0.1, 0.15) is 80.8 Å². The molecule has 2 N–H and O–H groups in total. The molecule has 1 aromatic heterocycles. The van der Waals surface area contributed by atoms with E-state index in [1.54, 1.807) is 0 Å². The molecule has 0 aromatic carbocycles. The molecule has 0 radical (unpaired) electrons. The third-order valence-electron chi connectivity index (χ3n) is 3.55. The summed E-state index contributed by atoms with van der Waals surface area (Å²) in [4.78, 5) is 6.24. The first-order chi connectivity index (χ1) is 7.97. The number of aromatic nitrogens is 1. The predicted octanol–water partition coefficient (Wildman–Crippen LogP) is 4.12. The number of rotatable bonds is 5. The summed E-state index contributed by atoms with van der Waals surface area (Å²) < 4.78 is 0. The Kier molecular flexibility index (Phi) is 3.60. The van der Waals surface area contributed by atoms with Gasteiger partial charge in [-0.05, 0) is 39.5 Å². The third-order valence-corrected chi connectivity index (χ3v) is 5.13. The maximum absolute atomic E-state index is 6.29. The fourth-order valence-corrected chi connectivity index (χ4v) is 3.69. The first-order valence-electron chi connectivity index (χ1n) is 6.77. The average molecular weight is 252 g/mol. The zero-order valence-electron chi connectivity index (χ0n) is 11.4. The molecule has 96 valence electrons. The van der Waals surface area contributed by atoms with Crippen molar-refractivity contribution >= 4 is 11.3 Å². The van der Waals surface area contributed by atoms with E-state index in [-0.39, 0.29) is 5.54 Å². The summed E-state index contributed by atoms with van der Waals surface area (Å²) in [5.74, 6) is 1.32. The van der Waals surface area contributed by atoms with Gasteiger partial charge in [-0.15, -0.1) is 11.3 Å². The van der Waals surface area contributed by atoms with Crippen LogP contribution < -0.4 is 5.73 Å². The lowest BCUT2D eigenvalue weighted by molar-refractivity contribution is 0.558. The molecule has 0 atom stereocenters. The Morgan fingerprint density at radius 2 is 1.94 bits per heavy atom. The van der Waals surface area contributed by atoms with E-state index in [0.29, 0.717) is 11.8 Å². The Bertz CT molecular complexity index is 381. The highest BCUT2D eigenvalue weighted by Crippen LogP contribution is 2.46. The van der Waals surface area contributed by atoms with Crippen LogP contribution in [0.3, 0.4) is 0 Å². The fourth-order valence-electron chi connectivity index (χ4n) is 2.26. The number of nitrogens with zero attached hydrogens (tertiary/aromatic N) is 1. The molecule has 1 aliphatic rings. The Balaban J connectivity index is 2.37. The molecule has 0 amide bonds. The minimum atomic E-state index is -0.236. The van der Waals surface area contributed by atoms with Gasteiger partial charge < -0.3 is 5.73 Å². The van der Waals surface area contributed by atoms with Crippen molar-refractivity contribution in [2.75, 3.05) is 0 Å². The van der Waals surface area contributed by atoms with Crippen molar-refractivity contribution < 1.29 is 0 Å². The molecular weight excluding hydrogens is 228 g/mol. The molecule has 0 unspecified atom stereocenters. The van der Waals surface area contributed by atoms with Crippen molar-refractivity contribution in [3.63, 3.8) is 0 Å². The van der Waals surface area contributed by atoms with E-state index in [0.717, 1.165) is 0 Å². The Morgan fingerprint density at radius 3 is 2.35 bits per heavy atom. The summed E-state index contributed by atoms with van der Waals surface area (Å²) in [5, 5.41) is 1.31. The van der Waals surface area contributed by atoms with Crippen molar-refractivity contribution in [1.29, 1.82) is 0 Å². The van der Waals surface area contributed by atoms with Gasteiger partial charge in [0, 0.05) is 22.3 Å². The number of nitrogens with two attached hydrogens (primary N) is 1. The summed E-state index contributed by atoms with van der Waals surface area (Å²) in [6.45, 7) is 8.70. The summed E-state index contributed by atoms with van der Waals surface area (Å²) >= 11 is 1.86. The largest absolute Gasteiger partial charge is 0.321 e. The molecule has 2 rings (SSSR count). The van der Waals surface area contributed by atoms with Gasteiger partial charge >= 0.3 is 0 Å². The average Bonchev–Trinajstić information content (AvgIpc) is 2.99. The molecule has 1 saturated carbocycles. The SMILES string of the molecule is CCC(CC)c1nc(C2CC2)c(C(C)(C)N)s1. The maximum atomic E-state index is 6.29. The van der Waals surface area contributed by atoms with Gasteiger partial charge in [0.05, 0.1) is 10.7 Å². The van der Waals surface area contributed by atoms with E-state index in [4.69, 9.17) is 10.7 Å². The van der Waals surface area contributed by atoms with Gasteiger partial charge in [0.1, 0.15) is 0 Å². The third kappa shape index (κ3) is 2.71. The molecule has 3 heteroatoms. The van der Waals surface area contributed by atoms with Crippen molar-refractivity contribution in [1.82, 2.24) is 4.98 Å². The van der Waals surface area contributed by atoms with Crippen LogP contribution >= 0.6 is 11.3 Å². The second-order valence-corrected chi connectivity index (χ2v) is 6.81. The molecule has 0 spiro atoms. The van der Waals surface area contributed by atoms with Gasteiger partial charge in [0.15, 0.2) is 0 Å². The summed E-state index contributed by atoms with van der Waals surface area (Å²) in [6.07, 6.45) is 4.96. The zero-order valence-corrected chi connectivity index (χ0v) is 12.2. The number of hydrogen-bond acceptors (Lipinski definition) is 3. The predicted molar refractivity (Wildman–Crippen MR) is 74.6 cm³/mol. The Morgan fingerprint density at radius 1 is 1.35 bits per heavy atom. The quantitative estimate of drug-likeness (QED) is 0.856. The maximum Gasteiger partial charge on any atom is 0.0962 e. The zero-order chi connectivity index (χ0) is 12.6. The molecule has 1 heterocycles. The molecule has 0 saturated heterocycles. The van der Waals surface area contributed by atoms with Crippen molar-refractivity contribution in [2.24, 2.45) is 5.73 Å². The standard InChI is InChI=1S/C14H24N2S/c1-5-9(6-2)13-16-11(10-7-8-10)12(17-13)14(3,4)15/h9-10H,5-8,15H2,1-4H3. The van der Waals surface area contributed by atoms with Gasteiger partial charge in [0.25, 0.3) is 0 Å². The van der Waals surface area contributed by atoms with Crippen molar-refractivity contribution in [3.05, 3.63) is 15.6 Å². The topological polar surface area (TPSA) is 38.9 Å². The second kappa shape index (κ2) is 4.69. The smallest absolute Gasteiger partial charge is 0.0962 e. The van der Waals surface area contributed by atoms with Crippen LogP contribution in [0.25, 0.3) is 0 Å². The van der Waals surface area contributed by atoms with Gasteiger partial charge in [0.2, 0.25) is 0 Å². The van der Waals surface area contributed by atoms with E-state index in [1.807, 2.05) is 11.3 Å². The van der Waals surface area contributed by atoms with Crippen LogP contribution in [-0.4, -0.2) is 4.98 Å². The summed E-state index contributed by atoms with van der Waals surface area (Å²) in [7, 11) is 0. The van der Waals surface area contributed by atoms with Crippen LogP contribution in [0.2, 0.25) is 0 Å². The molecule has 0 bridgehead atoms. The number of hydrogen-bond donors (Lipinski definition) is 1. The highest BCUT2D eigenvalue weighted by atomic mass is 32.1. The molecule has 1 fully saturated rings. The summed E-state index contributed by atoms with van der Waals surface area (Å²) in [5.41, 5.74) is 7.36. The van der Waals surface area contributed by atoms with Crippen LogP contribution in [0, 0.1) is 0 Å². The van der Waals surface area contributed by atoms with Crippen molar-refractivity contribution in [2.45, 2.75) is 70.8 Å². The molecule has 0 aliphatic heterocycles. The van der Waals surface area contributed by atoms with Crippen LogP contribution in [0.5, 0.6) is 0 Å². The van der Waals surface area contributed by atoms with Gasteiger partial charge in [-0.3, -0.25) is 0 Å². The molecule has 17 heavy (non-hydrogen) atoms. The van der Waals surface area contributed by atoms with Crippen LogP contribution in [0.4, 0.5) is 0 Å². The molecule has 1 aliphatic carbocycles. The second-order valence-electron chi connectivity index (χ2n) is 5.78. The van der Waals surface area contributed by atoms with Crippen LogP contribution in [0.15, 0.2) is 0 Å². The lowest BCUT2D eigenvalue weighted by Gasteiger charge is -2.17. The van der Waals surface area contributed by atoms with E-state index in [9.17, 15) is 0 Å². The Labute approximate surface area is 109 Å². The normalized spacial score (nSPS) is 16.8. The summed E-state index contributed by atoms with van der Waals surface area (Å²) in [6, 6.07) is 0. The molecule has 1 aromatic rings. The highest BCUT2D eigenvalue weighted by Gasteiger charge is 2.34. The van der Waals surface area contributed by atoms with E-state index < -0.39 is 0 Å². The minimum Gasteiger partial charge on any atom is -0.321 e. The van der Waals surface area contributed by atoms with Gasteiger partial charge in [-0.25, -0.2) is 4.98 Å². The van der Waals surface area contributed by atoms with E-state index >= 15 is 0 Å². The highest BCUT2D eigenvalue weighted by molar-refractivity contribution is 7.12. The monoisotopic (exact) mass is 252 g/mol. The van der Waals surface area contributed by atoms with E-state index in [1.165, 1.54) is 41.3 Å². The van der Waals surface area contributed by atoms with Gasteiger partial charge in [-0.1, -0.05) is 13.8 Å². The van der Waals surface area contributed by atoms with Crippen molar-refractivity contribution in [3.8, 4) is 0 Å². The van der Waals surface area contributed by atoms with E-state index in [2.05, 4.69) is 27.7 Å². The fraction of sp³-hybridized carbons (Fsp3) is 0.786. The lowest BCUT2D eigenvalue weighted by atomic mass is 10.0. The Hall–Kier alpha value is -0.410. The van der Waals surface area contributed by atoms with Gasteiger partial charge in [-0.2, -0.15) is 0 Å². The lowest BCUT2D eigenvalue weighted by Crippen LogP contribution is -2.28. The number of thiazole rings is 1. The van der Waals surface area contributed by atoms with Crippen LogP contribution in [-0.2, 0) is 5.54 Å². The first kappa shape index (κ1) is 13.0. The minimum absolute atomic E-state index is 0.236. The molecule has 2 nitrogen and oxygen atoms in total.